The molecule has 2 nitrogen and oxygen atoms in total. The lowest BCUT2D eigenvalue weighted by Gasteiger charge is -2.16. The predicted octanol–water partition coefficient (Wildman–Crippen LogP) is 0.764. The third-order valence-electron chi connectivity index (χ3n) is 2.27. The molecule has 1 rings (SSSR count). The fraction of sp³-hybridized carbons (Fsp3) is 0.778. The van der Waals surface area contributed by atoms with Gasteiger partial charge in [-0.3, -0.25) is 0 Å². The molecule has 1 aliphatic rings. The lowest BCUT2D eigenvalue weighted by molar-refractivity contribution is 0.0521. The summed E-state index contributed by atoms with van der Waals surface area (Å²) in [5.74, 6) is 3.02. The quantitative estimate of drug-likeness (QED) is 0.608. The van der Waals surface area contributed by atoms with E-state index in [1.54, 1.807) is 0 Å². The van der Waals surface area contributed by atoms with Crippen LogP contribution in [0.4, 0.5) is 0 Å². The topological polar surface area (TPSA) is 35.2 Å². The standard InChI is InChI=1S/C9H15NO/c1-2-6-11-9-5-3-4-8(9)7-10/h1,8-9H,3-7,10H2. The van der Waals surface area contributed by atoms with E-state index in [9.17, 15) is 0 Å². The van der Waals surface area contributed by atoms with E-state index in [0.29, 0.717) is 18.6 Å². The Labute approximate surface area is 68.1 Å². The van der Waals surface area contributed by atoms with Crippen molar-refractivity contribution in [1.82, 2.24) is 0 Å². The van der Waals surface area contributed by atoms with Crippen LogP contribution < -0.4 is 5.73 Å². The monoisotopic (exact) mass is 153 g/mol. The van der Waals surface area contributed by atoms with Crippen LogP contribution >= 0.6 is 0 Å². The largest absolute Gasteiger partial charge is 0.365 e. The zero-order valence-electron chi connectivity index (χ0n) is 6.75. The molecule has 11 heavy (non-hydrogen) atoms. The molecule has 2 N–H and O–H groups in total. The number of ether oxygens (including phenoxy) is 1. The molecule has 1 saturated carbocycles. The smallest absolute Gasteiger partial charge is 0.107 e. The van der Waals surface area contributed by atoms with E-state index < -0.39 is 0 Å². The highest BCUT2D eigenvalue weighted by atomic mass is 16.5. The molecule has 0 saturated heterocycles. The van der Waals surface area contributed by atoms with E-state index in [2.05, 4.69) is 5.92 Å². The molecule has 0 aliphatic heterocycles. The first-order valence-corrected chi connectivity index (χ1v) is 4.13. The van der Waals surface area contributed by atoms with Crippen LogP contribution in [0.2, 0.25) is 0 Å². The summed E-state index contributed by atoms with van der Waals surface area (Å²) in [4.78, 5) is 0. The van der Waals surface area contributed by atoms with Gasteiger partial charge in [0.05, 0.1) is 6.10 Å². The lowest BCUT2D eigenvalue weighted by Crippen LogP contribution is -2.25. The number of hydrogen-bond acceptors (Lipinski definition) is 2. The number of terminal acetylenes is 1. The van der Waals surface area contributed by atoms with Crippen molar-refractivity contribution in [3.63, 3.8) is 0 Å². The molecular formula is C9H15NO. The maximum Gasteiger partial charge on any atom is 0.107 e. The summed E-state index contributed by atoms with van der Waals surface area (Å²) < 4.78 is 5.44. The molecule has 1 fully saturated rings. The van der Waals surface area contributed by atoms with E-state index in [1.165, 1.54) is 12.8 Å². The second-order valence-corrected chi connectivity index (χ2v) is 2.98. The minimum atomic E-state index is 0.330. The average molecular weight is 153 g/mol. The molecule has 0 aromatic rings. The minimum absolute atomic E-state index is 0.330. The number of rotatable bonds is 3. The molecule has 2 unspecified atom stereocenters. The zero-order valence-corrected chi connectivity index (χ0v) is 6.75. The summed E-state index contributed by atoms with van der Waals surface area (Å²) in [5.41, 5.74) is 5.56. The number of hydrogen-bond donors (Lipinski definition) is 1. The minimum Gasteiger partial charge on any atom is -0.365 e. The van der Waals surface area contributed by atoms with Crippen molar-refractivity contribution in [2.24, 2.45) is 11.7 Å². The van der Waals surface area contributed by atoms with Crippen LogP contribution in [0.5, 0.6) is 0 Å². The van der Waals surface area contributed by atoms with Gasteiger partial charge in [-0.2, -0.15) is 0 Å². The summed E-state index contributed by atoms with van der Waals surface area (Å²) in [7, 11) is 0. The van der Waals surface area contributed by atoms with Gasteiger partial charge in [0.1, 0.15) is 6.61 Å². The Kier molecular flexibility index (Phi) is 3.41. The van der Waals surface area contributed by atoms with Crippen LogP contribution in [-0.4, -0.2) is 19.3 Å². The SMILES string of the molecule is C#CCOC1CCCC1CN. The van der Waals surface area contributed by atoms with Gasteiger partial charge in [-0.05, 0) is 25.3 Å². The highest BCUT2D eigenvalue weighted by Gasteiger charge is 2.26. The molecule has 2 heteroatoms. The van der Waals surface area contributed by atoms with E-state index in [1.807, 2.05) is 0 Å². The first-order valence-electron chi connectivity index (χ1n) is 4.13. The van der Waals surface area contributed by atoms with Crippen LogP contribution in [0.3, 0.4) is 0 Å². The Balaban J connectivity index is 2.27. The third kappa shape index (κ3) is 2.21. The molecule has 0 bridgehead atoms. The van der Waals surface area contributed by atoms with E-state index >= 15 is 0 Å². The maximum absolute atomic E-state index is 5.56. The molecular weight excluding hydrogens is 138 g/mol. The molecule has 0 radical (unpaired) electrons. The van der Waals surface area contributed by atoms with Gasteiger partial charge in [-0.1, -0.05) is 12.3 Å². The Morgan fingerprint density at radius 2 is 2.36 bits per heavy atom. The van der Waals surface area contributed by atoms with Crippen LogP contribution in [-0.2, 0) is 4.74 Å². The van der Waals surface area contributed by atoms with Crippen molar-refractivity contribution in [2.45, 2.75) is 25.4 Å². The lowest BCUT2D eigenvalue weighted by atomic mass is 10.1. The zero-order chi connectivity index (χ0) is 8.10. The van der Waals surface area contributed by atoms with Gasteiger partial charge in [0.2, 0.25) is 0 Å². The first kappa shape index (κ1) is 8.58. The van der Waals surface area contributed by atoms with Crippen LogP contribution in [0, 0.1) is 18.3 Å². The molecule has 0 aromatic heterocycles. The van der Waals surface area contributed by atoms with Gasteiger partial charge in [-0.25, -0.2) is 0 Å². The molecule has 2 atom stereocenters. The van der Waals surface area contributed by atoms with Gasteiger partial charge in [0.25, 0.3) is 0 Å². The predicted molar refractivity (Wildman–Crippen MR) is 45.0 cm³/mol. The van der Waals surface area contributed by atoms with E-state index in [0.717, 1.165) is 13.0 Å². The van der Waals surface area contributed by atoms with Gasteiger partial charge < -0.3 is 10.5 Å². The third-order valence-corrected chi connectivity index (χ3v) is 2.27. The normalized spacial score (nSPS) is 30.2. The van der Waals surface area contributed by atoms with E-state index in [4.69, 9.17) is 16.9 Å². The van der Waals surface area contributed by atoms with Crippen LogP contribution in [0.1, 0.15) is 19.3 Å². The summed E-state index contributed by atoms with van der Waals surface area (Å²) in [6.45, 7) is 1.16. The maximum atomic E-state index is 5.56. The Hall–Kier alpha value is -0.520. The summed E-state index contributed by atoms with van der Waals surface area (Å²) >= 11 is 0. The molecule has 0 heterocycles. The fourth-order valence-electron chi connectivity index (χ4n) is 1.65. The van der Waals surface area contributed by atoms with Gasteiger partial charge in [-0.15, -0.1) is 6.42 Å². The van der Waals surface area contributed by atoms with Crippen molar-refractivity contribution in [3.05, 3.63) is 0 Å². The molecule has 0 aromatic carbocycles. The summed E-state index contributed by atoms with van der Waals surface area (Å²) in [6.07, 6.45) is 8.98. The van der Waals surface area contributed by atoms with Crippen molar-refractivity contribution in [1.29, 1.82) is 0 Å². The van der Waals surface area contributed by atoms with Crippen LogP contribution in [0.15, 0.2) is 0 Å². The van der Waals surface area contributed by atoms with Crippen LogP contribution in [0.25, 0.3) is 0 Å². The first-order chi connectivity index (χ1) is 5.38. The van der Waals surface area contributed by atoms with Gasteiger partial charge >= 0.3 is 0 Å². The highest BCUT2D eigenvalue weighted by molar-refractivity contribution is 4.86. The molecule has 0 amide bonds. The van der Waals surface area contributed by atoms with Gasteiger partial charge in [0, 0.05) is 0 Å². The molecule has 1 aliphatic carbocycles. The fourth-order valence-corrected chi connectivity index (χ4v) is 1.65. The van der Waals surface area contributed by atoms with E-state index in [-0.39, 0.29) is 0 Å². The Bertz CT molecular complexity index is 150. The van der Waals surface area contributed by atoms with Crippen molar-refractivity contribution in [3.8, 4) is 12.3 Å². The second kappa shape index (κ2) is 4.38. The summed E-state index contributed by atoms with van der Waals surface area (Å²) in [5, 5.41) is 0. The Morgan fingerprint density at radius 1 is 1.55 bits per heavy atom. The Morgan fingerprint density at radius 3 is 3.00 bits per heavy atom. The highest BCUT2D eigenvalue weighted by Crippen LogP contribution is 2.26. The summed E-state index contributed by atoms with van der Waals surface area (Å²) in [6, 6.07) is 0. The van der Waals surface area contributed by atoms with Crippen molar-refractivity contribution in [2.75, 3.05) is 13.2 Å². The van der Waals surface area contributed by atoms with Gasteiger partial charge in [0.15, 0.2) is 0 Å². The molecule has 0 spiro atoms. The van der Waals surface area contributed by atoms with Crippen molar-refractivity contribution >= 4 is 0 Å². The second-order valence-electron chi connectivity index (χ2n) is 2.98. The van der Waals surface area contributed by atoms with Crippen molar-refractivity contribution < 1.29 is 4.74 Å². The average Bonchev–Trinajstić information content (AvgIpc) is 2.47. The number of nitrogens with two attached hydrogens (primary N) is 1. The molecule has 62 valence electrons.